The van der Waals surface area contributed by atoms with Crippen LogP contribution in [0.15, 0.2) is 41.7 Å². The molecule has 1 heterocycles. The highest BCUT2D eigenvalue weighted by Crippen LogP contribution is 2.22. The van der Waals surface area contributed by atoms with E-state index in [4.69, 9.17) is 0 Å². The van der Waals surface area contributed by atoms with E-state index in [0.29, 0.717) is 12.1 Å². The van der Waals surface area contributed by atoms with Crippen LogP contribution in [0.2, 0.25) is 0 Å². The smallest absolute Gasteiger partial charge is 0.312 e. The van der Waals surface area contributed by atoms with Gasteiger partial charge in [0.15, 0.2) is 0 Å². The molecule has 104 valence electrons. The van der Waals surface area contributed by atoms with Crippen LogP contribution in [0.4, 0.5) is 0 Å². The van der Waals surface area contributed by atoms with E-state index in [1.54, 1.807) is 6.07 Å². The van der Waals surface area contributed by atoms with Gasteiger partial charge in [0.05, 0.1) is 10.7 Å². The lowest BCUT2D eigenvalue weighted by Crippen LogP contribution is -2.16. The second-order valence-corrected chi connectivity index (χ2v) is 5.39. The van der Waals surface area contributed by atoms with Gasteiger partial charge in [-0.05, 0) is 31.2 Å². The highest BCUT2D eigenvalue weighted by molar-refractivity contribution is 7.98. The van der Waals surface area contributed by atoms with E-state index in [9.17, 15) is 9.90 Å². The van der Waals surface area contributed by atoms with Gasteiger partial charge in [-0.3, -0.25) is 4.79 Å². The highest BCUT2D eigenvalue weighted by atomic mass is 32.2. The van der Waals surface area contributed by atoms with Crippen LogP contribution >= 0.6 is 11.8 Å². The van der Waals surface area contributed by atoms with E-state index >= 15 is 0 Å². The van der Waals surface area contributed by atoms with Crippen LogP contribution in [0.3, 0.4) is 0 Å². The third-order valence-electron chi connectivity index (χ3n) is 3.09. The number of hydrogen-bond acceptors (Lipinski definition) is 4. The summed E-state index contributed by atoms with van der Waals surface area (Å²) in [4.78, 5) is 19.7. The number of carbonyl (C=O) groups is 1. The summed E-state index contributed by atoms with van der Waals surface area (Å²) in [7, 11) is 0. The van der Waals surface area contributed by atoms with Crippen LogP contribution in [0.1, 0.15) is 22.7 Å². The molecule has 2 rings (SSSR count). The Morgan fingerprint density at radius 2 is 2.00 bits per heavy atom. The summed E-state index contributed by atoms with van der Waals surface area (Å²) in [5.74, 6) is -1.51. The molecule has 0 spiro atoms. The van der Waals surface area contributed by atoms with Gasteiger partial charge in [-0.2, -0.15) is 0 Å². The van der Waals surface area contributed by atoms with Crippen molar-refractivity contribution in [3.05, 3.63) is 53.5 Å². The number of hydrogen-bond donors (Lipinski definition) is 1. The molecule has 0 fully saturated rings. The van der Waals surface area contributed by atoms with Gasteiger partial charge >= 0.3 is 5.97 Å². The molecule has 1 unspecified atom stereocenters. The Balaban J connectivity index is 2.26. The SMILES string of the molecule is CSc1cc(C(Cc2ccc(C)cc2)C(=O)O)ncn1. The van der Waals surface area contributed by atoms with Crippen LogP contribution in [-0.4, -0.2) is 27.3 Å². The molecule has 0 aliphatic rings. The van der Waals surface area contributed by atoms with Gasteiger partial charge < -0.3 is 5.11 Å². The van der Waals surface area contributed by atoms with Crippen molar-refractivity contribution >= 4 is 17.7 Å². The summed E-state index contributed by atoms with van der Waals surface area (Å²) in [6, 6.07) is 9.64. The molecule has 1 N–H and O–H groups in total. The van der Waals surface area contributed by atoms with Gasteiger partial charge in [-0.1, -0.05) is 29.8 Å². The van der Waals surface area contributed by atoms with Crippen LogP contribution in [-0.2, 0) is 11.2 Å². The Morgan fingerprint density at radius 3 is 2.60 bits per heavy atom. The zero-order valence-electron chi connectivity index (χ0n) is 11.4. The van der Waals surface area contributed by atoms with E-state index in [2.05, 4.69) is 9.97 Å². The minimum Gasteiger partial charge on any atom is -0.481 e. The molecule has 0 aliphatic heterocycles. The van der Waals surface area contributed by atoms with Gasteiger partial charge in [-0.15, -0.1) is 11.8 Å². The quantitative estimate of drug-likeness (QED) is 0.677. The van der Waals surface area contributed by atoms with Crippen molar-refractivity contribution in [2.75, 3.05) is 6.26 Å². The standard InChI is InChI=1S/C15H16N2O2S/c1-10-3-5-11(6-4-10)7-12(15(18)19)13-8-14(20-2)17-9-16-13/h3-6,8-9,12H,7H2,1-2H3,(H,18,19). The summed E-state index contributed by atoms with van der Waals surface area (Å²) < 4.78 is 0. The summed E-state index contributed by atoms with van der Waals surface area (Å²) in [6.07, 6.45) is 3.76. The fourth-order valence-corrected chi connectivity index (χ4v) is 2.33. The predicted molar refractivity (Wildman–Crippen MR) is 79.1 cm³/mol. The lowest BCUT2D eigenvalue weighted by Gasteiger charge is -2.12. The van der Waals surface area contributed by atoms with Gasteiger partial charge in [-0.25, -0.2) is 9.97 Å². The average molecular weight is 288 g/mol. The fourth-order valence-electron chi connectivity index (χ4n) is 1.93. The zero-order chi connectivity index (χ0) is 14.5. The molecule has 1 aromatic heterocycles. The first kappa shape index (κ1) is 14.5. The van der Waals surface area contributed by atoms with Crippen molar-refractivity contribution in [2.24, 2.45) is 0 Å². The molecular formula is C15H16N2O2S. The lowest BCUT2D eigenvalue weighted by molar-refractivity contribution is -0.138. The largest absolute Gasteiger partial charge is 0.481 e. The molecule has 0 amide bonds. The molecule has 0 saturated carbocycles. The number of carboxylic acid groups (broad SMARTS) is 1. The monoisotopic (exact) mass is 288 g/mol. The van der Waals surface area contributed by atoms with E-state index in [-0.39, 0.29) is 0 Å². The molecule has 20 heavy (non-hydrogen) atoms. The predicted octanol–water partition coefficient (Wildman–Crippen LogP) is 2.92. The number of nitrogens with zero attached hydrogens (tertiary/aromatic N) is 2. The van der Waals surface area contributed by atoms with Crippen LogP contribution in [0.5, 0.6) is 0 Å². The molecule has 5 heteroatoms. The van der Waals surface area contributed by atoms with Crippen molar-refractivity contribution in [1.29, 1.82) is 0 Å². The Morgan fingerprint density at radius 1 is 1.30 bits per heavy atom. The number of rotatable bonds is 5. The zero-order valence-corrected chi connectivity index (χ0v) is 12.2. The van der Waals surface area contributed by atoms with Crippen molar-refractivity contribution in [1.82, 2.24) is 9.97 Å². The number of aromatic nitrogens is 2. The number of aryl methyl sites for hydroxylation is 1. The second kappa shape index (κ2) is 6.52. The third-order valence-corrected chi connectivity index (χ3v) is 3.73. The third kappa shape index (κ3) is 3.57. The molecule has 0 aliphatic carbocycles. The highest BCUT2D eigenvalue weighted by Gasteiger charge is 2.22. The van der Waals surface area contributed by atoms with Crippen molar-refractivity contribution < 1.29 is 9.90 Å². The topological polar surface area (TPSA) is 63.1 Å². The molecule has 0 bridgehead atoms. The number of carboxylic acids is 1. The summed E-state index contributed by atoms with van der Waals surface area (Å²) in [5.41, 5.74) is 2.71. The number of thioether (sulfide) groups is 1. The second-order valence-electron chi connectivity index (χ2n) is 4.57. The van der Waals surface area contributed by atoms with E-state index in [0.717, 1.165) is 16.2 Å². The van der Waals surface area contributed by atoms with Crippen molar-refractivity contribution in [2.45, 2.75) is 24.3 Å². The maximum absolute atomic E-state index is 11.5. The Kier molecular flexibility index (Phi) is 4.74. The van der Waals surface area contributed by atoms with E-state index < -0.39 is 11.9 Å². The maximum Gasteiger partial charge on any atom is 0.312 e. The molecule has 1 aromatic carbocycles. The normalized spacial score (nSPS) is 12.1. The average Bonchev–Trinajstić information content (AvgIpc) is 2.46. The summed E-state index contributed by atoms with van der Waals surface area (Å²) in [5, 5.41) is 10.2. The molecule has 1 atom stereocenters. The minimum atomic E-state index is -0.865. The molecule has 0 saturated heterocycles. The van der Waals surface area contributed by atoms with Crippen molar-refractivity contribution in [3.8, 4) is 0 Å². The first-order chi connectivity index (χ1) is 9.60. The minimum absolute atomic E-state index is 0.431. The Labute approximate surface area is 122 Å². The van der Waals surface area contributed by atoms with Gasteiger partial charge in [0.25, 0.3) is 0 Å². The van der Waals surface area contributed by atoms with Gasteiger partial charge in [0.1, 0.15) is 12.2 Å². The van der Waals surface area contributed by atoms with E-state index in [1.807, 2.05) is 37.4 Å². The Bertz CT molecular complexity index is 599. The number of aliphatic carboxylic acids is 1. The molecule has 2 aromatic rings. The number of benzene rings is 1. The van der Waals surface area contributed by atoms with Crippen molar-refractivity contribution in [3.63, 3.8) is 0 Å². The first-order valence-electron chi connectivity index (χ1n) is 6.24. The van der Waals surface area contributed by atoms with Crippen LogP contribution in [0.25, 0.3) is 0 Å². The first-order valence-corrected chi connectivity index (χ1v) is 7.47. The van der Waals surface area contributed by atoms with E-state index in [1.165, 1.54) is 18.1 Å². The van der Waals surface area contributed by atoms with Crippen LogP contribution < -0.4 is 0 Å². The molecular weight excluding hydrogens is 272 g/mol. The van der Waals surface area contributed by atoms with Gasteiger partial charge in [0.2, 0.25) is 0 Å². The Hall–Kier alpha value is -1.88. The maximum atomic E-state index is 11.5. The molecule has 0 radical (unpaired) electrons. The van der Waals surface area contributed by atoms with Gasteiger partial charge in [0, 0.05) is 0 Å². The lowest BCUT2D eigenvalue weighted by atomic mass is 9.95. The summed E-state index contributed by atoms with van der Waals surface area (Å²) in [6.45, 7) is 2.01. The summed E-state index contributed by atoms with van der Waals surface area (Å²) >= 11 is 1.48. The van der Waals surface area contributed by atoms with Crippen LogP contribution in [0, 0.1) is 6.92 Å². The molecule has 4 nitrogen and oxygen atoms in total. The fraction of sp³-hybridized carbons (Fsp3) is 0.267.